The highest BCUT2D eigenvalue weighted by molar-refractivity contribution is 5.72. The SMILES string of the molecule is COc1ccc2c(c1)C(CCCNC(C)=O)CC2. The number of carbonyl (C=O) groups is 1. The Hall–Kier alpha value is -1.51. The molecule has 3 heteroatoms. The van der Waals surface area contributed by atoms with Gasteiger partial charge in [0, 0.05) is 13.5 Å². The van der Waals surface area contributed by atoms with Crippen LogP contribution in [0.5, 0.6) is 5.75 Å². The molecule has 0 radical (unpaired) electrons. The van der Waals surface area contributed by atoms with E-state index < -0.39 is 0 Å². The topological polar surface area (TPSA) is 38.3 Å². The Bertz CT molecular complexity index is 429. The summed E-state index contributed by atoms with van der Waals surface area (Å²) in [6.45, 7) is 2.35. The van der Waals surface area contributed by atoms with Gasteiger partial charge in [0.1, 0.15) is 5.75 Å². The van der Waals surface area contributed by atoms with Crippen molar-refractivity contribution in [2.45, 2.75) is 38.5 Å². The minimum atomic E-state index is 0.0588. The molecule has 1 aromatic carbocycles. The third-order valence-corrected chi connectivity index (χ3v) is 3.66. The molecule has 0 saturated heterocycles. The second kappa shape index (κ2) is 5.89. The van der Waals surface area contributed by atoms with E-state index in [9.17, 15) is 4.79 Å². The van der Waals surface area contributed by atoms with Crippen molar-refractivity contribution in [1.29, 1.82) is 0 Å². The molecule has 1 unspecified atom stereocenters. The predicted molar refractivity (Wildman–Crippen MR) is 72.0 cm³/mol. The summed E-state index contributed by atoms with van der Waals surface area (Å²) in [5.74, 6) is 1.63. The van der Waals surface area contributed by atoms with Gasteiger partial charge in [0.15, 0.2) is 0 Å². The molecule has 0 spiro atoms. The van der Waals surface area contributed by atoms with Gasteiger partial charge in [-0.1, -0.05) is 6.07 Å². The number of nitrogens with one attached hydrogen (secondary N) is 1. The fourth-order valence-electron chi connectivity index (χ4n) is 2.71. The maximum atomic E-state index is 10.8. The number of hydrogen-bond acceptors (Lipinski definition) is 2. The highest BCUT2D eigenvalue weighted by Gasteiger charge is 2.22. The first-order valence-electron chi connectivity index (χ1n) is 6.62. The van der Waals surface area contributed by atoms with Crippen LogP contribution in [-0.2, 0) is 11.2 Å². The molecule has 1 aliphatic carbocycles. The smallest absolute Gasteiger partial charge is 0.216 e. The average molecular weight is 247 g/mol. The molecule has 0 heterocycles. The van der Waals surface area contributed by atoms with Crippen LogP contribution in [0.25, 0.3) is 0 Å². The lowest BCUT2D eigenvalue weighted by molar-refractivity contribution is -0.118. The summed E-state index contributed by atoms with van der Waals surface area (Å²) in [5, 5.41) is 2.85. The van der Waals surface area contributed by atoms with Gasteiger partial charge >= 0.3 is 0 Å². The minimum Gasteiger partial charge on any atom is -0.497 e. The number of methoxy groups -OCH3 is 1. The third kappa shape index (κ3) is 3.03. The standard InChI is InChI=1S/C15H21NO2/c1-11(17)16-9-3-4-12-5-6-13-7-8-14(18-2)10-15(12)13/h7-8,10,12H,3-6,9H2,1-2H3,(H,16,17). The summed E-state index contributed by atoms with van der Waals surface area (Å²) in [4.78, 5) is 10.8. The Morgan fingerprint density at radius 2 is 2.33 bits per heavy atom. The first-order valence-corrected chi connectivity index (χ1v) is 6.62. The lowest BCUT2D eigenvalue weighted by Gasteiger charge is -2.12. The summed E-state index contributed by atoms with van der Waals surface area (Å²) in [5.41, 5.74) is 2.90. The quantitative estimate of drug-likeness (QED) is 0.812. The molecule has 1 aliphatic rings. The summed E-state index contributed by atoms with van der Waals surface area (Å²) in [6.07, 6.45) is 4.58. The van der Waals surface area contributed by atoms with E-state index >= 15 is 0 Å². The van der Waals surface area contributed by atoms with E-state index in [1.54, 1.807) is 14.0 Å². The van der Waals surface area contributed by atoms with Crippen LogP contribution in [0, 0.1) is 0 Å². The van der Waals surface area contributed by atoms with Crippen LogP contribution >= 0.6 is 0 Å². The molecule has 0 aromatic heterocycles. The first kappa shape index (κ1) is 12.9. The molecule has 0 bridgehead atoms. The lowest BCUT2D eigenvalue weighted by atomic mass is 9.96. The van der Waals surface area contributed by atoms with Crippen molar-refractivity contribution in [3.05, 3.63) is 29.3 Å². The summed E-state index contributed by atoms with van der Waals surface area (Å²) >= 11 is 0. The number of rotatable bonds is 5. The van der Waals surface area contributed by atoms with E-state index in [1.165, 1.54) is 24.0 Å². The molecule has 0 saturated carbocycles. The van der Waals surface area contributed by atoms with Gasteiger partial charge in [0.05, 0.1) is 7.11 Å². The van der Waals surface area contributed by atoms with Crippen molar-refractivity contribution < 1.29 is 9.53 Å². The average Bonchev–Trinajstić information content (AvgIpc) is 2.76. The number of carbonyl (C=O) groups excluding carboxylic acids is 1. The van der Waals surface area contributed by atoms with E-state index in [4.69, 9.17) is 4.74 Å². The van der Waals surface area contributed by atoms with Crippen LogP contribution in [0.2, 0.25) is 0 Å². The van der Waals surface area contributed by atoms with Gasteiger partial charge in [0.2, 0.25) is 5.91 Å². The van der Waals surface area contributed by atoms with E-state index in [0.29, 0.717) is 5.92 Å². The molecule has 98 valence electrons. The Kier molecular flexibility index (Phi) is 4.24. The van der Waals surface area contributed by atoms with Crippen molar-refractivity contribution in [2.24, 2.45) is 0 Å². The van der Waals surface area contributed by atoms with Crippen molar-refractivity contribution in [1.82, 2.24) is 5.32 Å². The summed E-state index contributed by atoms with van der Waals surface area (Å²) in [6, 6.07) is 6.39. The predicted octanol–water partition coefficient (Wildman–Crippen LogP) is 2.64. The molecular formula is C15H21NO2. The van der Waals surface area contributed by atoms with Crippen molar-refractivity contribution in [3.63, 3.8) is 0 Å². The van der Waals surface area contributed by atoms with Gasteiger partial charge < -0.3 is 10.1 Å². The number of ether oxygens (including phenoxy) is 1. The van der Waals surface area contributed by atoms with Gasteiger partial charge in [0.25, 0.3) is 0 Å². The molecule has 1 atom stereocenters. The van der Waals surface area contributed by atoms with Gasteiger partial charge in [-0.2, -0.15) is 0 Å². The largest absolute Gasteiger partial charge is 0.497 e. The number of benzene rings is 1. The lowest BCUT2D eigenvalue weighted by Crippen LogP contribution is -2.21. The van der Waals surface area contributed by atoms with Gasteiger partial charge in [-0.15, -0.1) is 0 Å². The van der Waals surface area contributed by atoms with E-state index in [2.05, 4.69) is 17.4 Å². The molecular weight excluding hydrogens is 226 g/mol. The second-order valence-corrected chi connectivity index (χ2v) is 4.93. The fraction of sp³-hybridized carbons (Fsp3) is 0.533. The monoisotopic (exact) mass is 247 g/mol. The Morgan fingerprint density at radius 3 is 3.06 bits per heavy atom. The molecule has 2 rings (SSSR count). The van der Waals surface area contributed by atoms with Gasteiger partial charge in [-0.3, -0.25) is 4.79 Å². The fourth-order valence-corrected chi connectivity index (χ4v) is 2.71. The van der Waals surface area contributed by atoms with Crippen molar-refractivity contribution >= 4 is 5.91 Å². The van der Waals surface area contributed by atoms with E-state index in [-0.39, 0.29) is 5.91 Å². The molecule has 3 nitrogen and oxygen atoms in total. The normalized spacial score (nSPS) is 17.3. The van der Waals surface area contributed by atoms with E-state index in [1.807, 2.05) is 6.07 Å². The molecule has 1 N–H and O–H groups in total. The zero-order valence-electron chi connectivity index (χ0n) is 11.2. The van der Waals surface area contributed by atoms with Gasteiger partial charge in [-0.25, -0.2) is 0 Å². The highest BCUT2D eigenvalue weighted by Crippen LogP contribution is 2.37. The zero-order valence-corrected chi connectivity index (χ0v) is 11.2. The van der Waals surface area contributed by atoms with Crippen molar-refractivity contribution in [3.8, 4) is 5.75 Å². The van der Waals surface area contributed by atoms with Crippen LogP contribution in [0.3, 0.4) is 0 Å². The summed E-state index contributed by atoms with van der Waals surface area (Å²) in [7, 11) is 1.71. The van der Waals surface area contributed by atoms with Crippen LogP contribution in [0.4, 0.5) is 0 Å². The van der Waals surface area contributed by atoms with Gasteiger partial charge in [-0.05, 0) is 54.9 Å². The highest BCUT2D eigenvalue weighted by atomic mass is 16.5. The minimum absolute atomic E-state index is 0.0588. The third-order valence-electron chi connectivity index (χ3n) is 3.66. The summed E-state index contributed by atoms with van der Waals surface area (Å²) < 4.78 is 5.29. The Morgan fingerprint density at radius 1 is 1.50 bits per heavy atom. The van der Waals surface area contributed by atoms with Crippen molar-refractivity contribution in [2.75, 3.05) is 13.7 Å². The number of fused-ring (bicyclic) bond motifs is 1. The maximum Gasteiger partial charge on any atom is 0.216 e. The molecule has 0 fully saturated rings. The molecule has 0 aliphatic heterocycles. The zero-order chi connectivity index (χ0) is 13.0. The molecule has 1 amide bonds. The maximum absolute atomic E-state index is 10.8. The Balaban J connectivity index is 1.91. The van der Waals surface area contributed by atoms with Crippen LogP contribution < -0.4 is 10.1 Å². The second-order valence-electron chi connectivity index (χ2n) is 4.93. The number of aryl methyl sites for hydroxylation is 1. The van der Waals surface area contributed by atoms with Crippen LogP contribution in [-0.4, -0.2) is 19.6 Å². The molecule has 18 heavy (non-hydrogen) atoms. The molecule has 1 aromatic rings. The van der Waals surface area contributed by atoms with Crippen LogP contribution in [0.15, 0.2) is 18.2 Å². The Labute approximate surface area is 109 Å². The number of amides is 1. The van der Waals surface area contributed by atoms with E-state index in [0.717, 1.165) is 25.1 Å². The number of hydrogen-bond donors (Lipinski definition) is 1. The first-order chi connectivity index (χ1) is 8.70. The van der Waals surface area contributed by atoms with Crippen LogP contribution in [0.1, 0.15) is 43.2 Å².